The van der Waals surface area contributed by atoms with Gasteiger partial charge in [0.1, 0.15) is 11.6 Å². The van der Waals surface area contributed by atoms with Gasteiger partial charge in [0.15, 0.2) is 0 Å². The Kier molecular flexibility index (Phi) is 4.12. The summed E-state index contributed by atoms with van der Waals surface area (Å²) in [5.74, 6) is 0.347. The maximum Gasteiger partial charge on any atom is 0.252 e. The first kappa shape index (κ1) is 13.6. The first-order valence-corrected chi connectivity index (χ1v) is 6.96. The minimum absolute atomic E-state index is 0.347. The molecule has 3 rings (SSSR count). The van der Waals surface area contributed by atoms with Crippen LogP contribution in [0.2, 0.25) is 5.02 Å². The highest BCUT2D eigenvalue weighted by atomic mass is 35.5. The van der Waals surface area contributed by atoms with E-state index in [1.807, 2.05) is 60.7 Å². The Hall–Kier alpha value is -2.39. The van der Waals surface area contributed by atoms with Crippen LogP contribution in [-0.2, 0) is 6.61 Å². The van der Waals surface area contributed by atoms with Crippen molar-refractivity contribution in [2.45, 2.75) is 6.61 Å². The van der Waals surface area contributed by atoms with Crippen LogP contribution in [0, 0.1) is 0 Å². The van der Waals surface area contributed by atoms with Gasteiger partial charge in [-0.25, -0.2) is 0 Å². The molecule has 0 radical (unpaired) electrons. The lowest BCUT2D eigenvalue weighted by atomic mass is 10.1. The molecule has 0 atom stereocenters. The van der Waals surface area contributed by atoms with Gasteiger partial charge in [0.05, 0.1) is 5.69 Å². The molecule has 0 fully saturated rings. The van der Waals surface area contributed by atoms with Crippen LogP contribution in [0.1, 0.15) is 5.56 Å². The van der Waals surface area contributed by atoms with Crippen molar-refractivity contribution in [2.75, 3.05) is 0 Å². The number of rotatable bonds is 4. The molecule has 21 heavy (non-hydrogen) atoms. The van der Waals surface area contributed by atoms with Crippen LogP contribution in [0.15, 0.2) is 66.7 Å². The molecule has 0 aliphatic heterocycles. The molecule has 3 nitrogen and oxygen atoms in total. The molecule has 104 valence electrons. The molecule has 0 amide bonds. The van der Waals surface area contributed by atoms with Crippen LogP contribution < -0.4 is 4.74 Å². The molecule has 1 aromatic heterocycles. The van der Waals surface area contributed by atoms with Crippen LogP contribution in [0.25, 0.3) is 11.3 Å². The summed E-state index contributed by atoms with van der Waals surface area (Å²) in [7, 11) is 0. The smallest absolute Gasteiger partial charge is 0.252 e. The van der Waals surface area contributed by atoms with Gasteiger partial charge in [0.25, 0.3) is 5.88 Å². The summed E-state index contributed by atoms with van der Waals surface area (Å²) in [6.45, 7) is 0.417. The molecule has 1 heterocycles. The number of halogens is 1. The van der Waals surface area contributed by atoms with Crippen LogP contribution in [0.3, 0.4) is 0 Å². The van der Waals surface area contributed by atoms with Crippen molar-refractivity contribution in [1.29, 1.82) is 0 Å². The lowest BCUT2D eigenvalue weighted by Gasteiger charge is -2.07. The second-order valence-electron chi connectivity index (χ2n) is 4.52. The Morgan fingerprint density at radius 3 is 2.19 bits per heavy atom. The van der Waals surface area contributed by atoms with E-state index in [1.165, 1.54) is 0 Å². The fourth-order valence-corrected chi connectivity index (χ4v) is 2.13. The highest BCUT2D eigenvalue weighted by Gasteiger charge is 2.08. The van der Waals surface area contributed by atoms with Crippen molar-refractivity contribution < 1.29 is 4.74 Å². The lowest BCUT2D eigenvalue weighted by molar-refractivity contribution is 0.290. The van der Waals surface area contributed by atoms with E-state index in [4.69, 9.17) is 16.3 Å². The van der Waals surface area contributed by atoms with Gasteiger partial charge < -0.3 is 4.74 Å². The first-order valence-electron chi connectivity index (χ1n) is 6.58. The molecule has 0 aliphatic carbocycles. The molecule has 3 aromatic rings. The second kappa shape index (κ2) is 6.37. The summed E-state index contributed by atoms with van der Waals surface area (Å²) < 4.78 is 5.61. The zero-order valence-corrected chi connectivity index (χ0v) is 12.0. The predicted molar refractivity (Wildman–Crippen MR) is 83.3 cm³/mol. The zero-order chi connectivity index (χ0) is 14.5. The summed E-state index contributed by atoms with van der Waals surface area (Å²) in [6.07, 6.45) is 0. The van der Waals surface area contributed by atoms with Crippen LogP contribution in [-0.4, -0.2) is 10.2 Å². The summed E-state index contributed by atoms with van der Waals surface area (Å²) >= 11 is 6.22. The SMILES string of the molecule is Clc1cc(-c2ccccc2)nnc1OCc1ccccc1. The average Bonchev–Trinajstić information content (AvgIpc) is 2.55. The fourth-order valence-electron chi connectivity index (χ4n) is 1.93. The predicted octanol–water partition coefficient (Wildman–Crippen LogP) is 4.38. The molecule has 2 aromatic carbocycles. The minimum Gasteiger partial charge on any atom is -0.471 e. The summed E-state index contributed by atoms with van der Waals surface area (Å²) in [5, 5.41) is 8.69. The van der Waals surface area contributed by atoms with E-state index in [9.17, 15) is 0 Å². The summed E-state index contributed by atoms with van der Waals surface area (Å²) in [6, 6.07) is 21.4. The van der Waals surface area contributed by atoms with Crippen LogP contribution >= 0.6 is 11.6 Å². The number of ether oxygens (including phenoxy) is 1. The van der Waals surface area contributed by atoms with Gasteiger partial charge in [0, 0.05) is 5.56 Å². The number of benzene rings is 2. The molecule has 0 unspecified atom stereocenters. The van der Waals surface area contributed by atoms with Crippen molar-refractivity contribution in [1.82, 2.24) is 10.2 Å². The minimum atomic E-state index is 0.347. The van der Waals surface area contributed by atoms with Gasteiger partial charge in [-0.3, -0.25) is 0 Å². The standard InChI is InChI=1S/C17H13ClN2O/c18-15-11-16(14-9-5-2-6-10-14)19-20-17(15)21-12-13-7-3-1-4-8-13/h1-11H,12H2. The van der Waals surface area contributed by atoms with E-state index < -0.39 is 0 Å². The Balaban J connectivity index is 1.76. The van der Waals surface area contributed by atoms with E-state index in [0.717, 1.165) is 16.8 Å². The Morgan fingerprint density at radius 1 is 0.857 bits per heavy atom. The molecule has 0 bridgehead atoms. The number of hydrogen-bond acceptors (Lipinski definition) is 3. The summed E-state index contributed by atoms with van der Waals surface area (Å²) in [4.78, 5) is 0. The van der Waals surface area contributed by atoms with Crippen molar-refractivity contribution in [3.63, 3.8) is 0 Å². The third kappa shape index (κ3) is 3.38. The quantitative estimate of drug-likeness (QED) is 0.717. The Bertz CT molecular complexity index is 717. The number of hydrogen-bond donors (Lipinski definition) is 0. The van der Waals surface area contributed by atoms with Gasteiger partial charge >= 0.3 is 0 Å². The lowest BCUT2D eigenvalue weighted by Crippen LogP contribution is -1.99. The Labute approximate surface area is 128 Å². The van der Waals surface area contributed by atoms with E-state index in [-0.39, 0.29) is 0 Å². The van der Waals surface area contributed by atoms with E-state index in [0.29, 0.717) is 17.5 Å². The summed E-state index contributed by atoms with van der Waals surface area (Å²) in [5.41, 5.74) is 2.76. The van der Waals surface area contributed by atoms with E-state index >= 15 is 0 Å². The van der Waals surface area contributed by atoms with Gasteiger partial charge in [-0.15, -0.1) is 10.2 Å². The molecule has 0 saturated heterocycles. The van der Waals surface area contributed by atoms with Gasteiger partial charge in [0.2, 0.25) is 0 Å². The third-order valence-corrected chi connectivity index (χ3v) is 3.28. The van der Waals surface area contributed by atoms with Crippen molar-refractivity contribution >= 4 is 11.6 Å². The van der Waals surface area contributed by atoms with E-state index in [1.54, 1.807) is 6.07 Å². The van der Waals surface area contributed by atoms with Gasteiger partial charge in [-0.1, -0.05) is 72.3 Å². The average molecular weight is 297 g/mol. The third-order valence-electron chi connectivity index (χ3n) is 3.00. The van der Waals surface area contributed by atoms with Gasteiger partial charge in [-0.2, -0.15) is 0 Å². The maximum absolute atomic E-state index is 6.22. The normalized spacial score (nSPS) is 10.3. The van der Waals surface area contributed by atoms with Gasteiger partial charge in [-0.05, 0) is 11.6 Å². The highest BCUT2D eigenvalue weighted by molar-refractivity contribution is 6.32. The zero-order valence-electron chi connectivity index (χ0n) is 11.2. The maximum atomic E-state index is 6.22. The largest absolute Gasteiger partial charge is 0.471 e. The molecule has 0 saturated carbocycles. The molecular weight excluding hydrogens is 284 g/mol. The molecule has 0 aliphatic rings. The van der Waals surface area contributed by atoms with Crippen LogP contribution in [0.5, 0.6) is 5.88 Å². The number of nitrogens with zero attached hydrogens (tertiary/aromatic N) is 2. The fraction of sp³-hybridized carbons (Fsp3) is 0.0588. The second-order valence-corrected chi connectivity index (χ2v) is 4.93. The number of aromatic nitrogens is 2. The topological polar surface area (TPSA) is 35.0 Å². The molecule has 0 spiro atoms. The molecule has 0 N–H and O–H groups in total. The van der Waals surface area contributed by atoms with E-state index in [2.05, 4.69) is 10.2 Å². The first-order chi connectivity index (χ1) is 10.3. The Morgan fingerprint density at radius 2 is 1.52 bits per heavy atom. The van der Waals surface area contributed by atoms with Crippen molar-refractivity contribution in [2.24, 2.45) is 0 Å². The van der Waals surface area contributed by atoms with Crippen LogP contribution in [0.4, 0.5) is 0 Å². The van der Waals surface area contributed by atoms with Crippen molar-refractivity contribution in [3.05, 3.63) is 77.3 Å². The molecule has 4 heteroatoms. The highest BCUT2D eigenvalue weighted by Crippen LogP contribution is 2.26. The monoisotopic (exact) mass is 296 g/mol. The van der Waals surface area contributed by atoms with Crippen molar-refractivity contribution in [3.8, 4) is 17.1 Å². The molecular formula is C17H13ClN2O.